The Kier molecular flexibility index (Phi) is 4.97. The van der Waals surface area contributed by atoms with E-state index in [0.717, 1.165) is 13.1 Å². The lowest BCUT2D eigenvalue weighted by Gasteiger charge is -2.29. The molecule has 0 unspecified atom stereocenters. The topological polar surface area (TPSA) is 29.9 Å². The van der Waals surface area contributed by atoms with Crippen LogP contribution in [0.25, 0.3) is 0 Å². The fourth-order valence-corrected chi connectivity index (χ4v) is 1.90. The minimum atomic E-state index is 0.334. The Bertz CT molecular complexity index is 375. The van der Waals surface area contributed by atoms with Gasteiger partial charge in [0.15, 0.2) is 0 Å². The van der Waals surface area contributed by atoms with E-state index in [0.29, 0.717) is 17.3 Å². The molecule has 0 fully saturated rings. The minimum Gasteiger partial charge on any atom is -0.312 e. The predicted octanol–water partition coefficient (Wildman–Crippen LogP) is 3.32. The molecule has 0 aliphatic carbocycles. The molecule has 0 bridgehead atoms. The van der Waals surface area contributed by atoms with Crippen molar-refractivity contribution in [1.29, 1.82) is 0 Å². The molecule has 18 heavy (non-hydrogen) atoms. The molecule has 0 aliphatic rings. The van der Waals surface area contributed by atoms with Crippen molar-refractivity contribution in [3.63, 3.8) is 0 Å². The van der Waals surface area contributed by atoms with Crippen LogP contribution in [0.3, 0.4) is 0 Å². The van der Waals surface area contributed by atoms with Crippen molar-refractivity contribution >= 4 is 0 Å². The van der Waals surface area contributed by atoms with Gasteiger partial charge in [-0.25, -0.2) is 0 Å². The van der Waals surface area contributed by atoms with Gasteiger partial charge in [0.05, 0.1) is 5.69 Å². The van der Waals surface area contributed by atoms with Crippen LogP contribution in [-0.4, -0.2) is 16.3 Å². The molecule has 3 heteroatoms. The summed E-state index contributed by atoms with van der Waals surface area (Å²) in [6, 6.07) is 0. The maximum absolute atomic E-state index is 4.54. The van der Waals surface area contributed by atoms with Gasteiger partial charge in [-0.15, -0.1) is 0 Å². The van der Waals surface area contributed by atoms with E-state index in [1.54, 1.807) is 0 Å². The van der Waals surface area contributed by atoms with Gasteiger partial charge in [-0.05, 0) is 17.3 Å². The van der Waals surface area contributed by atoms with Crippen molar-refractivity contribution < 1.29 is 0 Å². The summed E-state index contributed by atoms with van der Waals surface area (Å²) in [5, 5.41) is 8.12. The molecule has 0 amide bonds. The number of hydrogen-bond donors (Lipinski definition) is 1. The lowest BCUT2D eigenvalue weighted by molar-refractivity contribution is 0.238. The maximum atomic E-state index is 4.54. The molecule has 0 saturated carbocycles. The van der Waals surface area contributed by atoms with E-state index in [-0.39, 0.29) is 0 Å². The molecular weight excluding hydrogens is 222 g/mol. The zero-order valence-corrected chi connectivity index (χ0v) is 13.0. The predicted molar refractivity (Wildman–Crippen MR) is 77.6 cm³/mol. The molecule has 1 heterocycles. The second kappa shape index (κ2) is 5.87. The minimum absolute atomic E-state index is 0.334. The molecule has 0 atom stereocenters. The average Bonchev–Trinajstić information content (AvgIpc) is 2.59. The molecule has 1 aromatic rings. The van der Waals surface area contributed by atoms with Crippen LogP contribution < -0.4 is 5.32 Å². The fraction of sp³-hybridized carbons (Fsp3) is 0.800. The Balaban J connectivity index is 2.59. The number of aromatic nitrogens is 2. The van der Waals surface area contributed by atoms with E-state index >= 15 is 0 Å². The summed E-state index contributed by atoms with van der Waals surface area (Å²) in [6.07, 6.45) is 2.13. The van der Waals surface area contributed by atoms with Crippen LogP contribution in [0.15, 0.2) is 6.20 Å². The third-order valence-electron chi connectivity index (χ3n) is 3.94. The molecular formula is C15H29N3. The summed E-state index contributed by atoms with van der Waals surface area (Å²) in [5.74, 6) is 1.17. The normalized spacial score (nSPS) is 12.7. The lowest BCUT2D eigenvalue weighted by Crippen LogP contribution is -2.33. The van der Waals surface area contributed by atoms with Crippen LogP contribution in [0.5, 0.6) is 0 Å². The van der Waals surface area contributed by atoms with Gasteiger partial charge in [0.25, 0.3) is 0 Å². The number of hydrogen-bond acceptors (Lipinski definition) is 2. The number of nitrogens with zero attached hydrogens (tertiary/aromatic N) is 2. The van der Waals surface area contributed by atoms with Crippen molar-refractivity contribution in [3.05, 3.63) is 17.5 Å². The van der Waals surface area contributed by atoms with Crippen molar-refractivity contribution in [3.8, 4) is 0 Å². The highest BCUT2D eigenvalue weighted by molar-refractivity contribution is 5.19. The zero-order valence-electron chi connectivity index (χ0n) is 13.0. The summed E-state index contributed by atoms with van der Waals surface area (Å²) in [4.78, 5) is 0. The highest BCUT2D eigenvalue weighted by Gasteiger charge is 2.22. The van der Waals surface area contributed by atoms with Gasteiger partial charge in [-0.1, -0.05) is 41.5 Å². The van der Waals surface area contributed by atoms with Crippen molar-refractivity contribution in [2.75, 3.05) is 6.54 Å². The van der Waals surface area contributed by atoms with E-state index < -0.39 is 0 Å². The monoisotopic (exact) mass is 251 g/mol. The molecule has 104 valence electrons. The molecule has 0 radical (unpaired) electrons. The van der Waals surface area contributed by atoms with E-state index in [4.69, 9.17) is 0 Å². The molecule has 1 N–H and O–H groups in total. The van der Waals surface area contributed by atoms with E-state index in [2.05, 4.69) is 58.2 Å². The first-order valence-corrected chi connectivity index (χ1v) is 6.97. The van der Waals surface area contributed by atoms with E-state index in [9.17, 15) is 0 Å². The first-order valence-electron chi connectivity index (χ1n) is 6.97. The van der Waals surface area contributed by atoms with Gasteiger partial charge in [0, 0.05) is 31.9 Å². The van der Waals surface area contributed by atoms with Crippen LogP contribution in [-0.2, 0) is 13.6 Å². The van der Waals surface area contributed by atoms with Gasteiger partial charge in [-0.3, -0.25) is 4.68 Å². The zero-order chi connectivity index (χ0) is 13.9. The third-order valence-corrected chi connectivity index (χ3v) is 3.94. The third kappa shape index (κ3) is 3.84. The molecule has 0 aromatic carbocycles. The van der Waals surface area contributed by atoms with Gasteiger partial charge in [-0.2, -0.15) is 5.10 Å². The molecule has 0 aliphatic heterocycles. The van der Waals surface area contributed by atoms with Crippen molar-refractivity contribution in [1.82, 2.24) is 15.1 Å². The Morgan fingerprint density at radius 2 is 1.89 bits per heavy atom. The number of aryl methyl sites for hydroxylation is 1. The van der Waals surface area contributed by atoms with Crippen LogP contribution in [0.1, 0.15) is 58.7 Å². The summed E-state index contributed by atoms with van der Waals surface area (Å²) < 4.78 is 1.92. The van der Waals surface area contributed by atoms with Crippen LogP contribution >= 0.6 is 0 Å². The number of rotatable bonds is 6. The smallest absolute Gasteiger partial charge is 0.0694 e. The molecule has 0 saturated heterocycles. The van der Waals surface area contributed by atoms with Gasteiger partial charge in [0.1, 0.15) is 0 Å². The fourth-order valence-electron chi connectivity index (χ4n) is 1.90. The lowest BCUT2D eigenvalue weighted by atomic mass is 9.81. The van der Waals surface area contributed by atoms with E-state index in [1.807, 2.05) is 11.7 Å². The quantitative estimate of drug-likeness (QED) is 0.840. The Morgan fingerprint density at radius 3 is 2.39 bits per heavy atom. The largest absolute Gasteiger partial charge is 0.312 e. The SMILES string of the molecule is CC(C)c1nn(C)cc1CNCC(C)(C)C(C)C. The Labute approximate surface area is 112 Å². The van der Waals surface area contributed by atoms with Crippen LogP contribution in [0, 0.1) is 11.3 Å². The van der Waals surface area contributed by atoms with Gasteiger partial charge >= 0.3 is 0 Å². The Hall–Kier alpha value is -0.830. The summed E-state index contributed by atoms with van der Waals surface area (Å²) in [6.45, 7) is 15.5. The maximum Gasteiger partial charge on any atom is 0.0694 e. The van der Waals surface area contributed by atoms with Crippen LogP contribution in [0.2, 0.25) is 0 Å². The highest BCUT2D eigenvalue weighted by atomic mass is 15.3. The van der Waals surface area contributed by atoms with E-state index in [1.165, 1.54) is 11.3 Å². The highest BCUT2D eigenvalue weighted by Crippen LogP contribution is 2.25. The summed E-state index contributed by atoms with van der Waals surface area (Å²) in [7, 11) is 1.99. The average molecular weight is 251 g/mol. The van der Waals surface area contributed by atoms with Gasteiger partial charge < -0.3 is 5.32 Å². The first-order chi connectivity index (χ1) is 8.24. The van der Waals surface area contributed by atoms with Crippen molar-refractivity contribution in [2.45, 2.75) is 54.0 Å². The van der Waals surface area contributed by atoms with Crippen molar-refractivity contribution in [2.24, 2.45) is 18.4 Å². The Morgan fingerprint density at radius 1 is 1.28 bits per heavy atom. The first kappa shape index (κ1) is 15.2. The van der Waals surface area contributed by atoms with Crippen LogP contribution in [0.4, 0.5) is 0 Å². The number of nitrogens with one attached hydrogen (secondary N) is 1. The molecule has 1 rings (SSSR count). The van der Waals surface area contributed by atoms with Gasteiger partial charge in [0.2, 0.25) is 0 Å². The summed E-state index contributed by atoms with van der Waals surface area (Å²) in [5.41, 5.74) is 2.87. The molecule has 1 aromatic heterocycles. The molecule has 3 nitrogen and oxygen atoms in total. The summed E-state index contributed by atoms with van der Waals surface area (Å²) >= 11 is 0. The second-order valence-corrected chi connectivity index (χ2v) is 6.61. The second-order valence-electron chi connectivity index (χ2n) is 6.61. The standard InChI is InChI=1S/C15H29N3/c1-11(2)14-13(9-18(7)17-14)8-16-10-15(5,6)12(3)4/h9,11-12,16H,8,10H2,1-7H3. The molecule has 0 spiro atoms.